The SMILES string of the molecule is C[C@@H](c1cc[cH-]c1Br)N(C)C.[Fe+2].c1cc[cH-]c1. The molecule has 2 aromatic carbocycles. The van der Waals surface area contributed by atoms with Crippen molar-refractivity contribution in [3.63, 3.8) is 0 Å². The van der Waals surface area contributed by atoms with E-state index in [9.17, 15) is 0 Å². The molecule has 1 nitrogen and oxygen atoms in total. The van der Waals surface area contributed by atoms with Crippen molar-refractivity contribution in [3.05, 3.63) is 58.6 Å². The van der Waals surface area contributed by atoms with E-state index >= 15 is 0 Å². The van der Waals surface area contributed by atoms with Crippen LogP contribution in [0, 0.1) is 0 Å². The van der Waals surface area contributed by atoms with Gasteiger partial charge in [0.1, 0.15) is 0 Å². The van der Waals surface area contributed by atoms with Crippen LogP contribution < -0.4 is 0 Å². The van der Waals surface area contributed by atoms with Crippen molar-refractivity contribution in [3.8, 4) is 0 Å². The molecule has 0 fully saturated rings. The molecule has 1 atom stereocenters. The van der Waals surface area contributed by atoms with Gasteiger partial charge in [0.15, 0.2) is 0 Å². The Kier molecular flexibility index (Phi) is 8.53. The molecular weight excluding hydrogens is 318 g/mol. The first-order valence-electron chi connectivity index (χ1n) is 5.37. The van der Waals surface area contributed by atoms with Crippen LogP contribution in [-0.4, -0.2) is 19.0 Å². The van der Waals surface area contributed by atoms with Gasteiger partial charge in [-0.2, -0.15) is 35.9 Å². The monoisotopic (exact) mass is 335 g/mol. The molecule has 94 valence electrons. The van der Waals surface area contributed by atoms with Gasteiger partial charge in [-0.25, -0.2) is 18.2 Å². The summed E-state index contributed by atoms with van der Waals surface area (Å²) in [5.74, 6) is 0. The Morgan fingerprint density at radius 2 is 1.76 bits per heavy atom. The van der Waals surface area contributed by atoms with Crippen LogP contribution >= 0.6 is 15.9 Å². The van der Waals surface area contributed by atoms with Crippen molar-refractivity contribution in [1.82, 2.24) is 4.90 Å². The predicted molar refractivity (Wildman–Crippen MR) is 73.9 cm³/mol. The second-order valence-corrected chi connectivity index (χ2v) is 4.79. The van der Waals surface area contributed by atoms with Gasteiger partial charge in [-0.3, -0.25) is 0 Å². The molecule has 0 radical (unpaired) electrons. The molecule has 0 saturated heterocycles. The van der Waals surface area contributed by atoms with Crippen molar-refractivity contribution in [2.45, 2.75) is 13.0 Å². The summed E-state index contributed by atoms with van der Waals surface area (Å²) in [5, 5.41) is 0. The molecule has 0 amide bonds. The van der Waals surface area contributed by atoms with Crippen LogP contribution in [0.2, 0.25) is 0 Å². The standard InChI is InChI=1S/C9H13BrN.C5H5.Fe/c1-7(11(2)3)8-5-4-6-9(8)10;1-2-4-5-3-1;/h4-7H,1-3H3;1-5H;/q2*-1;+2/t7-;;/m0../s1. The third-order valence-corrected chi connectivity index (χ3v) is 3.30. The van der Waals surface area contributed by atoms with Crippen molar-refractivity contribution in [2.24, 2.45) is 0 Å². The number of hydrogen-bond acceptors (Lipinski definition) is 1. The summed E-state index contributed by atoms with van der Waals surface area (Å²) in [5.41, 5.74) is 1.36. The molecule has 0 N–H and O–H groups in total. The summed E-state index contributed by atoms with van der Waals surface area (Å²) in [7, 11) is 4.17. The van der Waals surface area contributed by atoms with Crippen molar-refractivity contribution in [1.29, 1.82) is 0 Å². The van der Waals surface area contributed by atoms with Gasteiger partial charge in [0.25, 0.3) is 0 Å². The number of nitrogens with zero attached hydrogens (tertiary/aromatic N) is 1. The summed E-state index contributed by atoms with van der Waals surface area (Å²) in [6.07, 6.45) is 0. The van der Waals surface area contributed by atoms with Crippen LogP contribution in [0.5, 0.6) is 0 Å². The van der Waals surface area contributed by atoms with E-state index in [1.807, 2.05) is 30.3 Å². The molecular formula is C14H18BrFeN. The van der Waals surface area contributed by atoms with Gasteiger partial charge in [-0.15, -0.1) is 0 Å². The zero-order valence-corrected chi connectivity index (χ0v) is 13.1. The Morgan fingerprint density at radius 1 is 1.18 bits per heavy atom. The van der Waals surface area contributed by atoms with Gasteiger partial charge in [0.05, 0.1) is 0 Å². The number of hydrogen-bond donors (Lipinski definition) is 0. The summed E-state index contributed by atoms with van der Waals surface area (Å²) in [6, 6.07) is 16.8. The van der Waals surface area contributed by atoms with Crippen LogP contribution in [0.4, 0.5) is 0 Å². The molecule has 0 aliphatic rings. The third kappa shape index (κ3) is 5.69. The average molecular weight is 336 g/mol. The predicted octanol–water partition coefficient (Wildman–Crippen LogP) is 4.19. The van der Waals surface area contributed by atoms with Gasteiger partial charge < -0.3 is 4.90 Å². The maximum absolute atomic E-state index is 3.51. The normalized spacial score (nSPS) is 11.4. The molecule has 0 aliphatic carbocycles. The van der Waals surface area contributed by atoms with Crippen LogP contribution in [0.25, 0.3) is 0 Å². The van der Waals surface area contributed by atoms with E-state index in [1.54, 1.807) is 0 Å². The summed E-state index contributed by atoms with van der Waals surface area (Å²) >= 11 is 3.51. The Balaban J connectivity index is 0.000000360. The van der Waals surface area contributed by atoms with E-state index in [0.29, 0.717) is 6.04 Å². The topological polar surface area (TPSA) is 3.24 Å². The van der Waals surface area contributed by atoms with Crippen molar-refractivity contribution in [2.75, 3.05) is 14.1 Å². The fourth-order valence-electron chi connectivity index (χ4n) is 1.35. The largest absolute Gasteiger partial charge is 2.00 e. The summed E-state index contributed by atoms with van der Waals surface area (Å²) in [4.78, 5) is 2.19. The van der Waals surface area contributed by atoms with Crippen molar-refractivity contribution >= 4 is 15.9 Å². The molecule has 2 rings (SSSR count). The Hall–Kier alpha value is -0.341. The van der Waals surface area contributed by atoms with E-state index in [-0.39, 0.29) is 17.1 Å². The Labute approximate surface area is 123 Å². The van der Waals surface area contributed by atoms with Gasteiger partial charge >= 0.3 is 17.1 Å². The zero-order chi connectivity index (χ0) is 12.0. The van der Waals surface area contributed by atoms with Gasteiger partial charge in [0, 0.05) is 0 Å². The molecule has 0 unspecified atom stereocenters. The van der Waals surface area contributed by atoms with Gasteiger partial charge in [0.2, 0.25) is 0 Å². The average Bonchev–Trinajstić information content (AvgIpc) is 2.89. The molecule has 17 heavy (non-hydrogen) atoms. The van der Waals surface area contributed by atoms with Crippen LogP contribution in [0.15, 0.2) is 53.0 Å². The van der Waals surface area contributed by atoms with Crippen LogP contribution in [0.3, 0.4) is 0 Å². The van der Waals surface area contributed by atoms with E-state index in [4.69, 9.17) is 0 Å². The Bertz CT molecular complexity index is 361. The quantitative estimate of drug-likeness (QED) is 0.587. The van der Waals surface area contributed by atoms with Crippen molar-refractivity contribution < 1.29 is 17.1 Å². The molecule has 0 heterocycles. The fraction of sp³-hybridized carbons (Fsp3) is 0.286. The molecule has 0 aliphatic heterocycles. The maximum atomic E-state index is 3.51. The number of halogens is 1. The molecule has 0 bridgehead atoms. The molecule has 0 spiro atoms. The van der Waals surface area contributed by atoms with E-state index in [0.717, 1.165) is 0 Å². The molecule has 2 aromatic rings. The van der Waals surface area contributed by atoms with Crippen LogP contribution in [0.1, 0.15) is 18.5 Å². The minimum absolute atomic E-state index is 0. The van der Waals surface area contributed by atoms with E-state index in [1.165, 1.54) is 10.0 Å². The second kappa shape index (κ2) is 8.71. The van der Waals surface area contributed by atoms with E-state index < -0.39 is 0 Å². The van der Waals surface area contributed by atoms with E-state index in [2.05, 4.69) is 60.0 Å². The minimum Gasteiger partial charge on any atom is -0.315 e. The second-order valence-electron chi connectivity index (χ2n) is 3.93. The first kappa shape index (κ1) is 16.7. The Morgan fingerprint density at radius 3 is 2.06 bits per heavy atom. The molecule has 0 aromatic heterocycles. The van der Waals surface area contributed by atoms with Gasteiger partial charge in [-0.05, 0) is 20.1 Å². The molecule has 3 heteroatoms. The summed E-state index contributed by atoms with van der Waals surface area (Å²) < 4.78 is 1.21. The minimum atomic E-state index is 0. The first-order chi connectivity index (χ1) is 7.63. The smallest absolute Gasteiger partial charge is 0.315 e. The zero-order valence-electron chi connectivity index (χ0n) is 10.4. The van der Waals surface area contributed by atoms with Gasteiger partial charge in [-0.1, -0.05) is 27.3 Å². The maximum Gasteiger partial charge on any atom is 2.00 e. The summed E-state index contributed by atoms with van der Waals surface area (Å²) in [6.45, 7) is 2.19. The molecule has 0 saturated carbocycles. The number of rotatable bonds is 2. The third-order valence-electron chi connectivity index (χ3n) is 2.57. The fourth-order valence-corrected chi connectivity index (χ4v) is 1.97. The van der Waals surface area contributed by atoms with Crippen LogP contribution in [-0.2, 0) is 17.1 Å². The first-order valence-corrected chi connectivity index (χ1v) is 6.16.